The highest BCUT2D eigenvalue weighted by Gasteiger charge is 2.34. The molecule has 0 aromatic carbocycles. The van der Waals surface area contributed by atoms with Crippen LogP contribution in [0.3, 0.4) is 0 Å². The Bertz CT molecular complexity index is 254. The van der Waals surface area contributed by atoms with Crippen molar-refractivity contribution in [2.75, 3.05) is 0 Å². The number of carbonyl (C=O) groups is 2. The van der Waals surface area contributed by atoms with Gasteiger partial charge in [-0.25, -0.2) is 0 Å². The molecule has 16 heavy (non-hydrogen) atoms. The van der Waals surface area contributed by atoms with E-state index in [2.05, 4.69) is 35.9 Å². The summed E-state index contributed by atoms with van der Waals surface area (Å²) < 4.78 is 0. The predicted molar refractivity (Wildman–Crippen MR) is 70.0 cm³/mol. The number of amides is 2. The average Bonchev–Trinajstić information content (AvgIpc) is 2.11. The fourth-order valence-corrected chi connectivity index (χ4v) is 2.11. The van der Waals surface area contributed by atoms with Crippen LogP contribution in [0.5, 0.6) is 0 Å². The van der Waals surface area contributed by atoms with Crippen LogP contribution < -0.4 is 10.6 Å². The summed E-state index contributed by atoms with van der Waals surface area (Å²) in [4.78, 5) is 23.4. The van der Waals surface area contributed by atoms with Crippen molar-refractivity contribution < 1.29 is 9.59 Å². The van der Waals surface area contributed by atoms with E-state index in [9.17, 15) is 9.59 Å². The molecule has 6 heteroatoms. The molecule has 1 aliphatic heterocycles. The van der Waals surface area contributed by atoms with Crippen LogP contribution in [0.25, 0.3) is 0 Å². The van der Waals surface area contributed by atoms with Gasteiger partial charge in [-0.1, -0.05) is 13.8 Å². The SMILES string of the molecule is CC(S)CC1NC(=O)C(CC(C)S)NC1=O. The van der Waals surface area contributed by atoms with E-state index in [1.54, 1.807) is 0 Å². The van der Waals surface area contributed by atoms with Crippen LogP contribution in [0.2, 0.25) is 0 Å². The fourth-order valence-electron chi connectivity index (χ4n) is 1.69. The number of piperazine rings is 1. The second-order valence-electron chi connectivity index (χ2n) is 4.29. The summed E-state index contributed by atoms with van der Waals surface area (Å²) in [6, 6.07) is -0.905. The monoisotopic (exact) mass is 262 g/mol. The maximum atomic E-state index is 11.7. The molecule has 0 aromatic rings. The van der Waals surface area contributed by atoms with Crippen LogP contribution in [-0.2, 0) is 9.59 Å². The molecule has 0 saturated carbocycles. The van der Waals surface area contributed by atoms with E-state index in [0.717, 1.165) is 0 Å². The zero-order chi connectivity index (χ0) is 12.3. The van der Waals surface area contributed by atoms with E-state index >= 15 is 0 Å². The molecule has 1 rings (SSSR count). The van der Waals surface area contributed by atoms with Gasteiger partial charge in [0.2, 0.25) is 11.8 Å². The number of nitrogens with one attached hydrogen (secondary N) is 2. The van der Waals surface area contributed by atoms with Crippen molar-refractivity contribution in [2.45, 2.75) is 49.3 Å². The average molecular weight is 262 g/mol. The second kappa shape index (κ2) is 5.82. The molecule has 2 amide bonds. The van der Waals surface area contributed by atoms with Gasteiger partial charge in [0, 0.05) is 10.5 Å². The highest BCUT2D eigenvalue weighted by atomic mass is 32.1. The first kappa shape index (κ1) is 13.7. The van der Waals surface area contributed by atoms with Crippen molar-refractivity contribution >= 4 is 37.1 Å². The smallest absolute Gasteiger partial charge is 0.243 e. The Kier molecular flexibility index (Phi) is 4.98. The molecule has 1 saturated heterocycles. The van der Waals surface area contributed by atoms with Crippen molar-refractivity contribution in [2.24, 2.45) is 0 Å². The van der Waals surface area contributed by atoms with Crippen molar-refractivity contribution in [3.05, 3.63) is 0 Å². The Balaban J connectivity index is 2.56. The molecule has 4 unspecified atom stereocenters. The summed E-state index contributed by atoms with van der Waals surface area (Å²) in [6.45, 7) is 3.79. The van der Waals surface area contributed by atoms with Crippen molar-refractivity contribution in [1.29, 1.82) is 0 Å². The van der Waals surface area contributed by atoms with Crippen molar-refractivity contribution in [3.63, 3.8) is 0 Å². The molecular weight excluding hydrogens is 244 g/mol. The maximum Gasteiger partial charge on any atom is 0.243 e. The van der Waals surface area contributed by atoms with E-state index < -0.39 is 12.1 Å². The van der Waals surface area contributed by atoms with Crippen LogP contribution in [0, 0.1) is 0 Å². The quantitative estimate of drug-likeness (QED) is 0.554. The molecule has 92 valence electrons. The minimum atomic E-state index is -0.452. The number of hydrogen-bond donors (Lipinski definition) is 4. The zero-order valence-electron chi connectivity index (χ0n) is 9.43. The predicted octanol–water partition coefficient (Wildman–Crippen LogP) is 0.386. The van der Waals surface area contributed by atoms with Gasteiger partial charge in [-0.05, 0) is 12.8 Å². The van der Waals surface area contributed by atoms with E-state index in [4.69, 9.17) is 0 Å². The molecule has 0 aliphatic carbocycles. The molecule has 0 bridgehead atoms. The summed E-state index contributed by atoms with van der Waals surface area (Å²) in [5.41, 5.74) is 0. The lowest BCUT2D eigenvalue weighted by Crippen LogP contribution is -2.62. The molecule has 0 aromatic heterocycles. The first-order valence-corrected chi connectivity index (χ1v) is 6.40. The Hall–Kier alpha value is -0.360. The number of hydrogen-bond acceptors (Lipinski definition) is 4. The molecule has 0 spiro atoms. The Morgan fingerprint density at radius 2 is 1.31 bits per heavy atom. The molecule has 1 fully saturated rings. The third-order valence-corrected chi connectivity index (χ3v) is 2.84. The van der Waals surface area contributed by atoms with Crippen molar-refractivity contribution in [3.8, 4) is 0 Å². The topological polar surface area (TPSA) is 58.2 Å². The lowest BCUT2D eigenvalue weighted by molar-refractivity contribution is -0.137. The van der Waals surface area contributed by atoms with E-state index in [1.807, 2.05) is 13.8 Å². The largest absolute Gasteiger partial charge is 0.342 e. The van der Waals surface area contributed by atoms with Crippen LogP contribution in [0.1, 0.15) is 26.7 Å². The molecule has 2 N–H and O–H groups in total. The van der Waals surface area contributed by atoms with Crippen LogP contribution in [0.15, 0.2) is 0 Å². The lowest BCUT2D eigenvalue weighted by atomic mass is 10.0. The molecule has 4 nitrogen and oxygen atoms in total. The van der Waals surface area contributed by atoms with E-state index in [0.29, 0.717) is 12.8 Å². The third-order valence-electron chi connectivity index (χ3n) is 2.42. The van der Waals surface area contributed by atoms with Crippen LogP contribution >= 0.6 is 25.3 Å². The summed E-state index contributed by atoms with van der Waals surface area (Å²) in [5, 5.41) is 5.60. The highest BCUT2D eigenvalue weighted by molar-refractivity contribution is 7.81. The van der Waals surface area contributed by atoms with Gasteiger partial charge in [0.05, 0.1) is 0 Å². The Labute approximate surface area is 107 Å². The fraction of sp³-hybridized carbons (Fsp3) is 0.800. The number of rotatable bonds is 4. The van der Waals surface area contributed by atoms with Crippen LogP contribution in [-0.4, -0.2) is 34.4 Å². The van der Waals surface area contributed by atoms with Gasteiger partial charge in [0.25, 0.3) is 0 Å². The first-order valence-electron chi connectivity index (χ1n) is 5.37. The van der Waals surface area contributed by atoms with Gasteiger partial charge in [0.1, 0.15) is 12.1 Å². The number of carbonyl (C=O) groups excluding carboxylic acids is 2. The van der Waals surface area contributed by atoms with Gasteiger partial charge in [0.15, 0.2) is 0 Å². The standard InChI is InChI=1S/C10H18N2O2S2/c1-5(15)3-7-9(13)12-8(4-6(2)16)10(14)11-7/h5-8,15-16H,3-4H2,1-2H3,(H,11,14)(H,12,13). The maximum absolute atomic E-state index is 11.7. The third kappa shape index (κ3) is 3.90. The summed E-state index contributed by atoms with van der Waals surface area (Å²) in [5.74, 6) is -0.251. The molecule has 0 radical (unpaired) electrons. The number of thiol groups is 2. The molecule has 4 atom stereocenters. The van der Waals surface area contributed by atoms with E-state index in [-0.39, 0.29) is 22.3 Å². The second-order valence-corrected chi connectivity index (χ2v) is 6.05. The summed E-state index contributed by atoms with van der Waals surface area (Å²) in [6.07, 6.45) is 1.09. The van der Waals surface area contributed by atoms with E-state index in [1.165, 1.54) is 0 Å². The first-order chi connectivity index (χ1) is 7.40. The summed E-state index contributed by atoms with van der Waals surface area (Å²) >= 11 is 8.43. The Morgan fingerprint density at radius 3 is 1.56 bits per heavy atom. The molecular formula is C10H18N2O2S2. The molecule has 1 heterocycles. The normalized spacial score (nSPS) is 29.2. The van der Waals surface area contributed by atoms with Gasteiger partial charge in [-0.2, -0.15) is 25.3 Å². The van der Waals surface area contributed by atoms with Crippen molar-refractivity contribution in [1.82, 2.24) is 10.6 Å². The summed E-state index contributed by atoms with van der Waals surface area (Å²) in [7, 11) is 0. The van der Waals surface area contributed by atoms with Gasteiger partial charge < -0.3 is 10.6 Å². The zero-order valence-corrected chi connectivity index (χ0v) is 11.2. The minimum absolute atomic E-state index is 0.0800. The molecule has 1 aliphatic rings. The van der Waals surface area contributed by atoms with Gasteiger partial charge in [-0.3, -0.25) is 9.59 Å². The van der Waals surface area contributed by atoms with Gasteiger partial charge >= 0.3 is 0 Å². The lowest BCUT2D eigenvalue weighted by Gasteiger charge is -2.30. The van der Waals surface area contributed by atoms with Gasteiger partial charge in [-0.15, -0.1) is 0 Å². The Morgan fingerprint density at radius 1 is 1.00 bits per heavy atom. The van der Waals surface area contributed by atoms with Crippen LogP contribution in [0.4, 0.5) is 0 Å². The minimum Gasteiger partial charge on any atom is -0.342 e. The highest BCUT2D eigenvalue weighted by Crippen LogP contribution is 2.12.